The highest BCUT2D eigenvalue weighted by atomic mass is 16.5. The van der Waals surface area contributed by atoms with Gasteiger partial charge in [-0.1, -0.05) is 26.7 Å². The zero-order valence-electron chi connectivity index (χ0n) is 11.5. The Labute approximate surface area is 113 Å². The molecule has 0 aliphatic heterocycles. The standard InChI is InChI=1S/C14H22N2O3/c1-10(2)4-3-5-12(16-19)8-11-6-7-15-9-13(11)14(17)18/h6-7,9-10,12,16,19H,3-5,8H2,1-2H3,(H,17,18). The summed E-state index contributed by atoms with van der Waals surface area (Å²) < 4.78 is 0. The molecule has 0 amide bonds. The van der Waals surface area contributed by atoms with Crippen LogP contribution in [0.5, 0.6) is 0 Å². The van der Waals surface area contributed by atoms with E-state index in [0.29, 0.717) is 17.9 Å². The summed E-state index contributed by atoms with van der Waals surface area (Å²) in [5.74, 6) is -0.350. The van der Waals surface area contributed by atoms with Crippen LogP contribution in [0.15, 0.2) is 18.5 Å². The second kappa shape index (κ2) is 7.86. The largest absolute Gasteiger partial charge is 0.478 e. The van der Waals surface area contributed by atoms with Crippen molar-refractivity contribution in [2.75, 3.05) is 0 Å². The van der Waals surface area contributed by atoms with Crippen molar-refractivity contribution in [2.24, 2.45) is 5.92 Å². The molecule has 0 spiro atoms. The number of nitrogens with zero attached hydrogens (tertiary/aromatic N) is 1. The Kier molecular flexibility index (Phi) is 6.45. The minimum Gasteiger partial charge on any atom is -0.478 e. The molecule has 0 radical (unpaired) electrons. The number of pyridine rings is 1. The van der Waals surface area contributed by atoms with Gasteiger partial charge in [0.05, 0.1) is 5.56 Å². The molecule has 0 aromatic carbocycles. The fraction of sp³-hybridized carbons (Fsp3) is 0.571. The van der Waals surface area contributed by atoms with E-state index in [1.54, 1.807) is 12.3 Å². The number of aromatic carboxylic acids is 1. The lowest BCUT2D eigenvalue weighted by Gasteiger charge is -2.16. The zero-order chi connectivity index (χ0) is 14.3. The Morgan fingerprint density at radius 2 is 2.16 bits per heavy atom. The van der Waals surface area contributed by atoms with Crippen LogP contribution >= 0.6 is 0 Å². The molecule has 5 heteroatoms. The molecule has 106 valence electrons. The van der Waals surface area contributed by atoms with Crippen LogP contribution in [0.1, 0.15) is 49.0 Å². The number of carbonyl (C=O) groups is 1. The van der Waals surface area contributed by atoms with E-state index in [0.717, 1.165) is 19.3 Å². The van der Waals surface area contributed by atoms with Crippen LogP contribution in [0, 0.1) is 5.92 Å². The summed E-state index contributed by atoms with van der Waals surface area (Å²) in [6, 6.07) is 1.57. The highest BCUT2D eigenvalue weighted by molar-refractivity contribution is 5.88. The maximum absolute atomic E-state index is 11.1. The van der Waals surface area contributed by atoms with E-state index in [1.807, 2.05) is 0 Å². The summed E-state index contributed by atoms with van der Waals surface area (Å²) in [5, 5.41) is 18.2. The highest BCUT2D eigenvalue weighted by Crippen LogP contribution is 2.14. The van der Waals surface area contributed by atoms with Gasteiger partial charge in [0.2, 0.25) is 0 Å². The van der Waals surface area contributed by atoms with Crippen LogP contribution in [0.2, 0.25) is 0 Å². The lowest BCUT2D eigenvalue weighted by atomic mass is 9.97. The number of carboxylic acid groups (broad SMARTS) is 1. The second-order valence-electron chi connectivity index (χ2n) is 5.19. The first-order valence-corrected chi connectivity index (χ1v) is 6.60. The molecule has 1 rings (SSSR count). The Hall–Kier alpha value is -1.46. The summed E-state index contributed by atoms with van der Waals surface area (Å²) in [6.07, 6.45) is 6.32. The summed E-state index contributed by atoms with van der Waals surface area (Å²) in [7, 11) is 0. The molecule has 1 atom stereocenters. The molecule has 19 heavy (non-hydrogen) atoms. The maximum atomic E-state index is 11.1. The molecule has 5 nitrogen and oxygen atoms in total. The van der Waals surface area contributed by atoms with Crippen LogP contribution in [-0.4, -0.2) is 27.3 Å². The lowest BCUT2D eigenvalue weighted by Crippen LogP contribution is -2.29. The molecule has 0 bridgehead atoms. The van der Waals surface area contributed by atoms with Gasteiger partial charge in [-0.3, -0.25) is 4.98 Å². The van der Waals surface area contributed by atoms with Crippen LogP contribution in [-0.2, 0) is 6.42 Å². The van der Waals surface area contributed by atoms with E-state index in [4.69, 9.17) is 10.3 Å². The molecule has 1 unspecified atom stereocenters. The zero-order valence-corrected chi connectivity index (χ0v) is 11.5. The lowest BCUT2D eigenvalue weighted by molar-refractivity contribution is 0.0693. The van der Waals surface area contributed by atoms with Crippen molar-refractivity contribution in [3.05, 3.63) is 29.6 Å². The topological polar surface area (TPSA) is 82.5 Å². The van der Waals surface area contributed by atoms with Crippen LogP contribution in [0.3, 0.4) is 0 Å². The van der Waals surface area contributed by atoms with Gasteiger partial charge in [-0.05, 0) is 30.4 Å². The average Bonchev–Trinajstić information content (AvgIpc) is 2.37. The summed E-state index contributed by atoms with van der Waals surface area (Å²) >= 11 is 0. The molecular weight excluding hydrogens is 244 g/mol. The quantitative estimate of drug-likeness (QED) is 0.630. The first kappa shape index (κ1) is 15.6. The highest BCUT2D eigenvalue weighted by Gasteiger charge is 2.15. The average molecular weight is 266 g/mol. The summed E-state index contributed by atoms with van der Waals surface area (Å²) in [5.41, 5.74) is 3.17. The van der Waals surface area contributed by atoms with E-state index in [9.17, 15) is 4.79 Å². The predicted molar refractivity (Wildman–Crippen MR) is 72.3 cm³/mol. The van der Waals surface area contributed by atoms with Crippen molar-refractivity contribution >= 4 is 5.97 Å². The van der Waals surface area contributed by atoms with Crippen LogP contribution in [0.25, 0.3) is 0 Å². The molecule has 3 N–H and O–H groups in total. The van der Waals surface area contributed by atoms with E-state index in [-0.39, 0.29) is 11.6 Å². The Morgan fingerprint density at radius 1 is 1.42 bits per heavy atom. The van der Waals surface area contributed by atoms with Gasteiger partial charge in [-0.15, -0.1) is 0 Å². The third-order valence-corrected chi connectivity index (χ3v) is 3.12. The number of rotatable bonds is 8. The third kappa shape index (κ3) is 5.36. The summed E-state index contributed by atoms with van der Waals surface area (Å²) in [6.45, 7) is 4.32. The Balaban J connectivity index is 2.62. The van der Waals surface area contributed by atoms with Crippen molar-refractivity contribution in [2.45, 2.75) is 45.6 Å². The van der Waals surface area contributed by atoms with E-state index in [2.05, 4.69) is 24.3 Å². The summed E-state index contributed by atoms with van der Waals surface area (Å²) in [4.78, 5) is 14.9. The van der Waals surface area contributed by atoms with Crippen molar-refractivity contribution in [3.63, 3.8) is 0 Å². The first-order valence-electron chi connectivity index (χ1n) is 6.60. The number of nitrogens with one attached hydrogen (secondary N) is 1. The number of carboxylic acids is 1. The van der Waals surface area contributed by atoms with Gasteiger partial charge in [0.1, 0.15) is 0 Å². The molecule has 1 aromatic rings. The Morgan fingerprint density at radius 3 is 2.74 bits per heavy atom. The molecule has 1 aromatic heterocycles. The monoisotopic (exact) mass is 266 g/mol. The predicted octanol–water partition coefficient (Wildman–Crippen LogP) is 2.50. The van der Waals surface area contributed by atoms with Crippen molar-refractivity contribution in [3.8, 4) is 0 Å². The SMILES string of the molecule is CC(C)CCCC(Cc1ccncc1C(=O)O)NO. The first-order chi connectivity index (χ1) is 9.04. The van der Waals surface area contributed by atoms with E-state index < -0.39 is 5.97 Å². The molecule has 0 aliphatic carbocycles. The number of hydroxylamine groups is 1. The van der Waals surface area contributed by atoms with Gasteiger partial charge in [-0.25, -0.2) is 10.3 Å². The molecule has 0 saturated carbocycles. The van der Waals surface area contributed by atoms with Gasteiger partial charge < -0.3 is 10.3 Å². The van der Waals surface area contributed by atoms with Crippen molar-refractivity contribution in [1.82, 2.24) is 10.5 Å². The fourth-order valence-corrected chi connectivity index (χ4v) is 2.04. The molecule has 0 aliphatic rings. The molecule has 0 saturated heterocycles. The normalized spacial score (nSPS) is 12.6. The smallest absolute Gasteiger partial charge is 0.337 e. The fourth-order valence-electron chi connectivity index (χ4n) is 2.04. The maximum Gasteiger partial charge on any atom is 0.337 e. The van der Waals surface area contributed by atoms with Gasteiger partial charge >= 0.3 is 5.97 Å². The van der Waals surface area contributed by atoms with Crippen molar-refractivity contribution < 1.29 is 15.1 Å². The van der Waals surface area contributed by atoms with E-state index in [1.165, 1.54) is 6.20 Å². The second-order valence-corrected chi connectivity index (χ2v) is 5.19. The number of aromatic nitrogens is 1. The number of hydrogen-bond acceptors (Lipinski definition) is 4. The van der Waals surface area contributed by atoms with Crippen LogP contribution < -0.4 is 5.48 Å². The number of hydrogen-bond donors (Lipinski definition) is 3. The molecule has 0 fully saturated rings. The minimum absolute atomic E-state index is 0.126. The van der Waals surface area contributed by atoms with Gasteiger partial charge in [0, 0.05) is 18.4 Å². The minimum atomic E-state index is -0.984. The third-order valence-electron chi connectivity index (χ3n) is 3.12. The van der Waals surface area contributed by atoms with Gasteiger partial charge in [0.15, 0.2) is 0 Å². The van der Waals surface area contributed by atoms with Gasteiger partial charge in [-0.2, -0.15) is 0 Å². The molecular formula is C14H22N2O3. The molecule has 1 heterocycles. The van der Waals surface area contributed by atoms with Crippen molar-refractivity contribution in [1.29, 1.82) is 0 Å². The van der Waals surface area contributed by atoms with Crippen LogP contribution in [0.4, 0.5) is 0 Å². The van der Waals surface area contributed by atoms with Gasteiger partial charge in [0.25, 0.3) is 0 Å². The Bertz CT molecular complexity index is 407. The van der Waals surface area contributed by atoms with E-state index >= 15 is 0 Å².